The second kappa shape index (κ2) is 10.7. The van der Waals surface area contributed by atoms with E-state index >= 15 is 0 Å². The number of aryl methyl sites for hydroxylation is 1. The SMILES string of the molecule is Cc1cccc(/C=N\NC(=O)CSc2nnc(-c3ccc(C(C)(C)C)cc3)n2-c2ccccc2)c1. The molecule has 1 N–H and O–H groups in total. The first kappa shape index (κ1) is 24.4. The topological polar surface area (TPSA) is 72.2 Å². The first-order chi connectivity index (χ1) is 16.8. The molecule has 0 unspecified atom stereocenters. The Morgan fingerprint density at radius 3 is 2.43 bits per heavy atom. The predicted molar refractivity (Wildman–Crippen MR) is 143 cm³/mol. The summed E-state index contributed by atoms with van der Waals surface area (Å²) in [4.78, 5) is 12.4. The molecule has 4 rings (SSSR count). The van der Waals surface area contributed by atoms with Crippen LogP contribution in [0.15, 0.2) is 89.1 Å². The van der Waals surface area contributed by atoms with Gasteiger partial charge in [0.05, 0.1) is 12.0 Å². The monoisotopic (exact) mass is 483 g/mol. The zero-order valence-corrected chi connectivity index (χ0v) is 21.2. The van der Waals surface area contributed by atoms with Crippen LogP contribution in [0.1, 0.15) is 37.5 Å². The fourth-order valence-corrected chi connectivity index (χ4v) is 4.32. The van der Waals surface area contributed by atoms with Crippen molar-refractivity contribution in [1.82, 2.24) is 20.2 Å². The van der Waals surface area contributed by atoms with Crippen LogP contribution in [0.3, 0.4) is 0 Å². The van der Waals surface area contributed by atoms with Crippen LogP contribution in [-0.4, -0.2) is 32.6 Å². The van der Waals surface area contributed by atoms with Crippen LogP contribution >= 0.6 is 11.8 Å². The highest BCUT2D eigenvalue weighted by atomic mass is 32.2. The maximum absolute atomic E-state index is 12.4. The summed E-state index contributed by atoms with van der Waals surface area (Å²) in [5, 5.41) is 13.6. The summed E-state index contributed by atoms with van der Waals surface area (Å²) in [6, 6.07) is 26.3. The lowest BCUT2D eigenvalue weighted by molar-refractivity contribution is -0.118. The summed E-state index contributed by atoms with van der Waals surface area (Å²) < 4.78 is 1.99. The van der Waals surface area contributed by atoms with Gasteiger partial charge < -0.3 is 0 Å². The lowest BCUT2D eigenvalue weighted by Crippen LogP contribution is -2.20. The fraction of sp³-hybridized carbons (Fsp3) is 0.214. The van der Waals surface area contributed by atoms with Gasteiger partial charge in [-0.2, -0.15) is 5.10 Å². The van der Waals surface area contributed by atoms with Crippen molar-refractivity contribution in [2.24, 2.45) is 5.10 Å². The zero-order chi connectivity index (χ0) is 24.8. The van der Waals surface area contributed by atoms with Crippen LogP contribution in [0.5, 0.6) is 0 Å². The molecule has 1 amide bonds. The van der Waals surface area contributed by atoms with Gasteiger partial charge in [-0.1, -0.05) is 105 Å². The number of hydrazone groups is 1. The van der Waals surface area contributed by atoms with Gasteiger partial charge in [0.1, 0.15) is 0 Å². The largest absolute Gasteiger partial charge is 0.272 e. The summed E-state index contributed by atoms with van der Waals surface area (Å²) in [7, 11) is 0. The Morgan fingerprint density at radius 1 is 1.00 bits per heavy atom. The molecule has 0 saturated carbocycles. The third-order valence-electron chi connectivity index (χ3n) is 5.43. The summed E-state index contributed by atoms with van der Waals surface area (Å²) in [6.07, 6.45) is 1.64. The van der Waals surface area contributed by atoms with Crippen molar-refractivity contribution in [3.05, 3.63) is 95.6 Å². The number of nitrogens with zero attached hydrogens (tertiary/aromatic N) is 4. The lowest BCUT2D eigenvalue weighted by atomic mass is 9.87. The van der Waals surface area contributed by atoms with Crippen LogP contribution in [0.25, 0.3) is 17.1 Å². The zero-order valence-electron chi connectivity index (χ0n) is 20.4. The van der Waals surface area contributed by atoms with E-state index in [2.05, 4.69) is 65.8 Å². The first-order valence-electron chi connectivity index (χ1n) is 11.4. The van der Waals surface area contributed by atoms with Crippen LogP contribution < -0.4 is 5.43 Å². The molecular weight excluding hydrogens is 454 g/mol. The van der Waals surface area contributed by atoms with Crippen LogP contribution in [0, 0.1) is 6.92 Å². The van der Waals surface area contributed by atoms with Gasteiger partial charge in [0.2, 0.25) is 0 Å². The molecule has 6 nitrogen and oxygen atoms in total. The predicted octanol–water partition coefficient (Wildman–Crippen LogP) is 5.78. The second-order valence-corrected chi connectivity index (χ2v) is 10.2. The molecule has 3 aromatic carbocycles. The number of thioether (sulfide) groups is 1. The molecule has 0 spiro atoms. The van der Waals surface area contributed by atoms with Gasteiger partial charge in [-0.25, -0.2) is 5.43 Å². The van der Waals surface area contributed by atoms with Crippen molar-refractivity contribution in [2.45, 2.75) is 38.3 Å². The van der Waals surface area contributed by atoms with Gasteiger partial charge in [0.25, 0.3) is 5.91 Å². The average Bonchev–Trinajstić information content (AvgIpc) is 3.27. The van der Waals surface area contributed by atoms with E-state index in [1.807, 2.05) is 66.1 Å². The van der Waals surface area contributed by atoms with Gasteiger partial charge in [-0.3, -0.25) is 9.36 Å². The normalized spacial score (nSPS) is 11.7. The molecule has 1 heterocycles. The number of nitrogens with one attached hydrogen (secondary N) is 1. The van der Waals surface area contributed by atoms with Crippen molar-refractivity contribution in [3.8, 4) is 17.1 Å². The minimum Gasteiger partial charge on any atom is -0.272 e. The molecule has 4 aromatic rings. The Morgan fingerprint density at radius 2 is 1.74 bits per heavy atom. The van der Waals surface area contributed by atoms with E-state index in [-0.39, 0.29) is 17.1 Å². The van der Waals surface area contributed by atoms with Crippen molar-refractivity contribution in [3.63, 3.8) is 0 Å². The highest BCUT2D eigenvalue weighted by Gasteiger charge is 2.19. The molecule has 0 aliphatic carbocycles. The fourth-order valence-electron chi connectivity index (χ4n) is 3.57. The molecule has 7 heteroatoms. The number of amides is 1. The molecule has 0 atom stereocenters. The number of hydrogen-bond acceptors (Lipinski definition) is 5. The molecule has 35 heavy (non-hydrogen) atoms. The number of rotatable bonds is 7. The van der Waals surface area contributed by atoms with Crippen LogP contribution in [-0.2, 0) is 10.2 Å². The van der Waals surface area contributed by atoms with Gasteiger partial charge in [0, 0.05) is 11.3 Å². The summed E-state index contributed by atoms with van der Waals surface area (Å²) >= 11 is 1.33. The maximum atomic E-state index is 12.4. The highest BCUT2D eigenvalue weighted by molar-refractivity contribution is 7.99. The minimum absolute atomic E-state index is 0.0713. The van der Waals surface area contributed by atoms with Crippen molar-refractivity contribution < 1.29 is 4.79 Å². The van der Waals surface area contributed by atoms with E-state index in [1.165, 1.54) is 17.3 Å². The highest BCUT2D eigenvalue weighted by Crippen LogP contribution is 2.30. The van der Waals surface area contributed by atoms with E-state index in [1.54, 1.807) is 6.21 Å². The summed E-state index contributed by atoms with van der Waals surface area (Å²) in [5.41, 5.74) is 7.89. The van der Waals surface area contributed by atoms with Crippen molar-refractivity contribution in [1.29, 1.82) is 0 Å². The second-order valence-electron chi connectivity index (χ2n) is 9.30. The van der Waals surface area contributed by atoms with Crippen LogP contribution in [0.4, 0.5) is 0 Å². The van der Waals surface area contributed by atoms with E-state index < -0.39 is 0 Å². The Balaban J connectivity index is 1.52. The molecule has 0 saturated heterocycles. The lowest BCUT2D eigenvalue weighted by Gasteiger charge is -2.19. The van der Waals surface area contributed by atoms with E-state index in [0.29, 0.717) is 5.16 Å². The third kappa shape index (κ3) is 6.25. The molecule has 0 aliphatic rings. The molecule has 178 valence electrons. The number of aromatic nitrogens is 3. The van der Waals surface area contributed by atoms with Gasteiger partial charge in [-0.05, 0) is 35.6 Å². The standard InChI is InChI=1S/C28H29N5OS/c1-20-9-8-10-21(17-20)18-29-30-25(34)19-35-27-32-31-26(33(27)24-11-6-5-7-12-24)22-13-15-23(16-14-22)28(2,3)4/h5-18H,19H2,1-4H3,(H,30,34)/b29-18-. The van der Waals surface area contributed by atoms with Crippen LogP contribution in [0.2, 0.25) is 0 Å². The number of carbonyl (C=O) groups excluding carboxylic acids is 1. The Labute approximate surface area is 210 Å². The number of carbonyl (C=O) groups is 1. The minimum atomic E-state index is -0.211. The van der Waals surface area contributed by atoms with Crippen molar-refractivity contribution >= 4 is 23.9 Å². The summed E-state index contributed by atoms with van der Waals surface area (Å²) in [6.45, 7) is 8.60. The molecule has 0 bridgehead atoms. The third-order valence-corrected chi connectivity index (χ3v) is 6.36. The average molecular weight is 484 g/mol. The summed E-state index contributed by atoms with van der Waals surface area (Å²) in [5.74, 6) is 0.689. The number of hydrogen-bond donors (Lipinski definition) is 1. The molecule has 0 radical (unpaired) electrons. The number of benzene rings is 3. The quantitative estimate of drug-likeness (QED) is 0.205. The number of para-hydroxylation sites is 1. The molecule has 0 aliphatic heterocycles. The molecule has 1 aromatic heterocycles. The van der Waals surface area contributed by atoms with Gasteiger partial charge in [-0.15, -0.1) is 10.2 Å². The smallest absolute Gasteiger partial charge is 0.250 e. The van der Waals surface area contributed by atoms with Gasteiger partial charge in [0.15, 0.2) is 11.0 Å². The molecular formula is C28H29N5OS. The van der Waals surface area contributed by atoms with Gasteiger partial charge >= 0.3 is 0 Å². The Bertz CT molecular complexity index is 1320. The maximum Gasteiger partial charge on any atom is 0.250 e. The van der Waals surface area contributed by atoms with E-state index in [0.717, 1.165) is 28.2 Å². The Kier molecular flexibility index (Phi) is 7.46. The first-order valence-corrected chi connectivity index (χ1v) is 12.4. The van der Waals surface area contributed by atoms with E-state index in [9.17, 15) is 4.79 Å². The molecule has 0 fully saturated rings. The van der Waals surface area contributed by atoms with Crippen molar-refractivity contribution in [2.75, 3.05) is 5.75 Å². The Hall–Kier alpha value is -3.71. The van der Waals surface area contributed by atoms with E-state index in [4.69, 9.17) is 0 Å².